The summed E-state index contributed by atoms with van der Waals surface area (Å²) in [5, 5.41) is 17.2. The third-order valence-electron chi connectivity index (χ3n) is 1.75. The molecule has 0 aromatic carbocycles. The van der Waals surface area contributed by atoms with E-state index in [9.17, 15) is 4.79 Å². The van der Waals surface area contributed by atoms with Crippen LogP contribution in [0.2, 0.25) is 0 Å². The Morgan fingerprint density at radius 2 is 2.08 bits per heavy atom. The molecule has 0 saturated carbocycles. The molecule has 0 aromatic rings. The minimum atomic E-state index is -0.885. The molecule has 13 heavy (non-hydrogen) atoms. The molecule has 0 saturated heterocycles. The molecule has 0 heterocycles. The van der Waals surface area contributed by atoms with Crippen molar-refractivity contribution in [1.29, 1.82) is 0 Å². The van der Waals surface area contributed by atoms with E-state index in [0.717, 1.165) is 32.1 Å². The summed E-state index contributed by atoms with van der Waals surface area (Å²) in [6.45, 7) is 1.78. The number of carbonyl (C=O) groups is 1. The van der Waals surface area contributed by atoms with Gasteiger partial charge in [0.15, 0.2) is 0 Å². The first-order valence-electron chi connectivity index (χ1n) is 4.70. The lowest BCUT2D eigenvalue weighted by atomic mass is 10.1. The van der Waals surface area contributed by atoms with Gasteiger partial charge in [-0.1, -0.05) is 18.9 Å². The van der Waals surface area contributed by atoms with Gasteiger partial charge in [-0.2, -0.15) is 0 Å². The fourth-order valence-electron chi connectivity index (χ4n) is 1.06. The van der Waals surface area contributed by atoms with Crippen LogP contribution in [0.1, 0.15) is 39.0 Å². The fourth-order valence-corrected chi connectivity index (χ4v) is 1.06. The highest BCUT2D eigenvalue weighted by Gasteiger charge is 1.94. The molecule has 0 fully saturated rings. The summed E-state index contributed by atoms with van der Waals surface area (Å²) >= 11 is 0. The van der Waals surface area contributed by atoms with Gasteiger partial charge >= 0.3 is 5.97 Å². The summed E-state index contributed by atoms with van der Waals surface area (Å²) in [5.74, 6) is -0.885. The number of allylic oxidation sites excluding steroid dienone is 1. The van der Waals surface area contributed by atoms with Crippen LogP contribution < -0.4 is 0 Å². The molecule has 0 amide bonds. The van der Waals surface area contributed by atoms with Gasteiger partial charge in [-0.25, -0.2) is 4.79 Å². The van der Waals surface area contributed by atoms with Crippen molar-refractivity contribution in [1.82, 2.24) is 0 Å². The number of carboxylic acid groups (broad SMARTS) is 1. The largest absolute Gasteiger partial charge is 0.478 e. The predicted molar refractivity (Wildman–Crippen MR) is 51.5 cm³/mol. The normalized spacial score (nSPS) is 13.4. The molecular weight excluding hydrogens is 168 g/mol. The van der Waals surface area contributed by atoms with E-state index >= 15 is 0 Å². The van der Waals surface area contributed by atoms with E-state index in [2.05, 4.69) is 0 Å². The van der Waals surface area contributed by atoms with Gasteiger partial charge in [0.1, 0.15) is 0 Å². The van der Waals surface area contributed by atoms with Crippen molar-refractivity contribution in [2.24, 2.45) is 0 Å². The maximum absolute atomic E-state index is 10.1. The number of rotatable bonds is 7. The topological polar surface area (TPSA) is 57.5 Å². The maximum atomic E-state index is 10.1. The molecule has 0 spiro atoms. The Morgan fingerprint density at radius 1 is 1.38 bits per heavy atom. The fraction of sp³-hybridized carbons (Fsp3) is 0.700. The Bertz CT molecular complexity index is 162. The number of aliphatic carboxylic acids is 1. The highest BCUT2D eigenvalue weighted by molar-refractivity contribution is 5.79. The molecule has 0 aliphatic heterocycles. The van der Waals surface area contributed by atoms with E-state index < -0.39 is 5.97 Å². The van der Waals surface area contributed by atoms with Crippen LogP contribution >= 0.6 is 0 Å². The monoisotopic (exact) mass is 186 g/mol. The average molecular weight is 186 g/mol. The maximum Gasteiger partial charge on any atom is 0.327 e. The lowest BCUT2D eigenvalue weighted by Gasteiger charge is -2.01. The van der Waals surface area contributed by atoms with Gasteiger partial charge in [-0.15, -0.1) is 0 Å². The van der Waals surface area contributed by atoms with E-state index in [-0.39, 0.29) is 6.10 Å². The molecule has 1 atom stereocenters. The Labute approximate surface area is 79.1 Å². The van der Waals surface area contributed by atoms with Crippen LogP contribution in [0.15, 0.2) is 12.2 Å². The predicted octanol–water partition coefficient (Wildman–Crippen LogP) is 1.96. The van der Waals surface area contributed by atoms with Crippen molar-refractivity contribution in [3.8, 4) is 0 Å². The van der Waals surface area contributed by atoms with Crippen molar-refractivity contribution >= 4 is 5.97 Å². The average Bonchev–Trinajstić information content (AvgIpc) is 2.01. The smallest absolute Gasteiger partial charge is 0.327 e. The van der Waals surface area contributed by atoms with E-state index in [0.29, 0.717) is 0 Å². The molecule has 0 aromatic heterocycles. The number of hydrogen-bond acceptors (Lipinski definition) is 2. The van der Waals surface area contributed by atoms with Crippen LogP contribution in [0.3, 0.4) is 0 Å². The quantitative estimate of drug-likeness (QED) is 0.472. The van der Waals surface area contributed by atoms with E-state index in [1.807, 2.05) is 0 Å². The first kappa shape index (κ1) is 12.2. The van der Waals surface area contributed by atoms with E-state index in [4.69, 9.17) is 10.2 Å². The van der Waals surface area contributed by atoms with Crippen molar-refractivity contribution < 1.29 is 15.0 Å². The highest BCUT2D eigenvalue weighted by atomic mass is 16.4. The second kappa shape index (κ2) is 7.80. The summed E-state index contributed by atoms with van der Waals surface area (Å²) in [6, 6.07) is 0. The Balaban J connectivity index is 3.13. The van der Waals surface area contributed by atoms with E-state index in [1.54, 1.807) is 13.0 Å². The molecule has 0 unspecified atom stereocenters. The zero-order valence-electron chi connectivity index (χ0n) is 8.07. The van der Waals surface area contributed by atoms with Crippen molar-refractivity contribution in [2.45, 2.75) is 45.1 Å². The lowest BCUT2D eigenvalue weighted by molar-refractivity contribution is -0.131. The summed E-state index contributed by atoms with van der Waals surface area (Å²) in [6.07, 6.45) is 7.34. The van der Waals surface area contributed by atoms with Gasteiger partial charge in [-0.3, -0.25) is 0 Å². The van der Waals surface area contributed by atoms with Crippen LogP contribution in [0.4, 0.5) is 0 Å². The molecular formula is C10H18O3. The summed E-state index contributed by atoms with van der Waals surface area (Å²) in [7, 11) is 0. The van der Waals surface area contributed by atoms with Gasteiger partial charge in [0.05, 0.1) is 6.10 Å². The van der Waals surface area contributed by atoms with Crippen molar-refractivity contribution in [3.63, 3.8) is 0 Å². The molecule has 3 nitrogen and oxygen atoms in total. The van der Waals surface area contributed by atoms with Gasteiger partial charge in [0.25, 0.3) is 0 Å². The zero-order valence-corrected chi connectivity index (χ0v) is 8.07. The van der Waals surface area contributed by atoms with Crippen LogP contribution in [0, 0.1) is 0 Å². The number of aliphatic hydroxyl groups is 1. The Hall–Kier alpha value is -0.830. The minimum absolute atomic E-state index is 0.213. The molecule has 3 heteroatoms. The summed E-state index contributed by atoms with van der Waals surface area (Å²) in [4.78, 5) is 10.1. The molecule has 2 N–H and O–H groups in total. The first-order valence-corrected chi connectivity index (χ1v) is 4.70. The SMILES string of the molecule is C[C@H](O)CCCCC/C=C/C(=O)O. The molecule has 0 rings (SSSR count). The van der Waals surface area contributed by atoms with Crippen molar-refractivity contribution in [2.75, 3.05) is 0 Å². The highest BCUT2D eigenvalue weighted by Crippen LogP contribution is 2.05. The van der Waals surface area contributed by atoms with Crippen LogP contribution in [-0.4, -0.2) is 22.3 Å². The number of carboxylic acids is 1. The Kier molecular flexibility index (Phi) is 7.30. The number of aliphatic hydroxyl groups excluding tert-OH is 1. The zero-order chi connectivity index (χ0) is 10.1. The van der Waals surface area contributed by atoms with Crippen molar-refractivity contribution in [3.05, 3.63) is 12.2 Å². The minimum Gasteiger partial charge on any atom is -0.478 e. The second-order valence-corrected chi connectivity index (χ2v) is 3.23. The number of hydrogen-bond donors (Lipinski definition) is 2. The molecule has 0 bridgehead atoms. The van der Waals surface area contributed by atoms with Gasteiger partial charge < -0.3 is 10.2 Å². The van der Waals surface area contributed by atoms with Gasteiger partial charge in [-0.05, 0) is 26.2 Å². The van der Waals surface area contributed by atoms with Gasteiger partial charge in [0.2, 0.25) is 0 Å². The molecule has 76 valence electrons. The first-order chi connectivity index (χ1) is 6.13. The standard InChI is InChI=1S/C10H18O3/c1-9(11)7-5-3-2-4-6-8-10(12)13/h6,8-9,11H,2-5,7H2,1H3,(H,12,13)/b8-6+/t9-/m0/s1. The molecule has 0 aliphatic carbocycles. The second-order valence-electron chi connectivity index (χ2n) is 3.23. The van der Waals surface area contributed by atoms with Crippen LogP contribution in [0.5, 0.6) is 0 Å². The molecule has 0 radical (unpaired) electrons. The number of unbranched alkanes of at least 4 members (excludes halogenated alkanes) is 3. The van der Waals surface area contributed by atoms with Gasteiger partial charge in [0, 0.05) is 6.08 Å². The lowest BCUT2D eigenvalue weighted by Crippen LogP contribution is -1.97. The third-order valence-corrected chi connectivity index (χ3v) is 1.75. The van der Waals surface area contributed by atoms with E-state index in [1.165, 1.54) is 6.08 Å². The van der Waals surface area contributed by atoms with Crippen LogP contribution in [-0.2, 0) is 4.79 Å². The summed E-state index contributed by atoms with van der Waals surface area (Å²) < 4.78 is 0. The third kappa shape index (κ3) is 11.2. The summed E-state index contributed by atoms with van der Waals surface area (Å²) in [5.41, 5.74) is 0. The van der Waals surface area contributed by atoms with Crippen LogP contribution in [0.25, 0.3) is 0 Å². The molecule has 0 aliphatic rings. The Morgan fingerprint density at radius 3 is 2.62 bits per heavy atom.